The Labute approximate surface area is 202 Å². The number of hydrogen-bond acceptors (Lipinski definition) is 7. The molecule has 178 valence electrons. The zero-order chi connectivity index (χ0) is 24.6. The third-order valence-electron chi connectivity index (χ3n) is 5.64. The van der Waals surface area contributed by atoms with Crippen LogP contribution >= 0.6 is 0 Å². The minimum atomic E-state index is -1.06. The van der Waals surface area contributed by atoms with E-state index in [1.807, 2.05) is 10.9 Å². The summed E-state index contributed by atoms with van der Waals surface area (Å²) in [6.45, 7) is 3.36. The van der Waals surface area contributed by atoms with Crippen LogP contribution in [-0.2, 0) is 5.60 Å². The van der Waals surface area contributed by atoms with Crippen molar-refractivity contribution in [3.63, 3.8) is 0 Å². The minimum absolute atomic E-state index is 0.214. The number of benzene rings is 1. The fourth-order valence-electron chi connectivity index (χ4n) is 3.61. The number of pyridine rings is 2. The van der Waals surface area contributed by atoms with Gasteiger partial charge in [-0.15, -0.1) is 0 Å². The maximum absolute atomic E-state index is 11.2. The third kappa shape index (κ3) is 5.15. The van der Waals surface area contributed by atoms with Gasteiger partial charge in [0.15, 0.2) is 5.75 Å². The lowest BCUT2D eigenvalue weighted by atomic mass is 10.0. The molecule has 9 heteroatoms. The van der Waals surface area contributed by atoms with Crippen LogP contribution in [0.1, 0.15) is 48.8 Å². The van der Waals surface area contributed by atoms with E-state index in [-0.39, 0.29) is 5.56 Å². The van der Waals surface area contributed by atoms with Crippen LogP contribution < -0.4 is 10.1 Å². The normalized spacial score (nSPS) is 13.5. The number of nitrogens with zero attached hydrogens (tertiary/aromatic N) is 4. The Balaban J connectivity index is 1.41. The Morgan fingerprint density at radius 1 is 1.09 bits per heavy atom. The van der Waals surface area contributed by atoms with E-state index in [4.69, 9.17) is 9.84 Å². The van der Waals surface area contributed by atoms with Crippen LogP contribution in [0.4, 0.5) is 11.5 Å². The van der Waals surface area contributed by atoms with Crippen molar-refractivity contribution in [2.24, 2.45) is 0 Å². The molecule has 35 heavy (non-hydrogen) atoms. The summed E-state index contributed by atoms with van der Waals surface area (Å²) in [4.78, 5) is 19.8. The molecule has 3 N–H and O–H groups in total. The van der Waals surface area contributed by atoms with Crippen molar-refractivity contribution in [2.45, 2.75) is 38.3 Å². The van der Waals surface area contributed by atoms with Crippen LogP contribution in [0.15, 0.2) is 67.1 Å². The second-order valence-electron chi connectivity index (χ2n) is 9.03. The second-order valence-corrected chi connectivity index (χ2v) is 9.03. The van der Waals surface area contributed by atoms with E-state index in [0.717, 1.165) is 24.1 Å². The molecule has 0 unspecified atom stereocenters. The number of nitrogens with one attached hydrogen (secondary N) is 1. The summed E-state index contributed by atoms with van der Waals surface area (Å²) >= 11 is 0. The van der Waals surface area contributed by atoms with E-state index in [0.29, 0.717) is 34.7 Å². The summed E-state index contributed by atoms with van der Waals surface area (Å²) in [6.07, 6.45) is 7.29. The van der Waals surface area contributed by atoms with Crippen molar-refractivity contribution in [1.82, 2.24) is 19.7 Å². The van der Waals surface area contributed by atoms with Gasteiger partial charge in [-0.1, -0.05) is 12.1 Å². The number of carbonyl (C=O) groups is 1. The van der Waals surface area contributed by atoms with Gasteiger partial charge in [-0.05, 0) is 57.0 Å². The first-order chi connectivity index (χ1) is 16.8. The van der Waals surface area contributed by atoms with Crippen molar-refractivity contribution >= 4 is 17.5 Å². The molecule has 1 aliphatic carbocycles. The molecular weight excluding hydrogens is 446 g/mol. The quantitative estimate of drug-likeness (QED) is 0.323. The third-order valence-corrected chi connectivity index (χ3v) is 5.64. The predicted molar refractivity (Wildman–Crippen MR) is 130 cm³/mol. The Hall–Kier alpha value is -4.24. The lowest BCUT2D eigenvalue weighted by molar-refractivity contribution is 0.0695. The molecule has 1 aromatic carbocycles. The number of rotatable bonds is 8. The van der Waals surface area contributed by atoms with Gasteiger partial charge in [0.25, 0.3) is 0 Å². The summed E-state index contributed by atoms with van der Waals surface area (Å²) in [5.41, 5.74) is 1.85. The lowest BCUT2D eigenvalue weighted by Gasteiger charge is -2.17. The molecule has 3 heterocycles. The largest absolute Gasteiger partial charge is 0.478 e. The highest BCUT2D eigenvalue weighted by Gasteiger charge is 2.27. The van der Waals surface area contributed by atoms with Gasteiger partial charge < -0.3 is 20.3 Å². The molecule has 9 nitrogen and oxygen atoms in total. The highest BCUT2D eigenvalue weighted by atomic mass is 16.5. The van der Waals surface area contributed by atoms with Gasteiger partial charge in [0, 0.05) is 29.7 Å². The lowest BCUT2D eigenvalue weighted by Crippen LogP contribution is -2.17. The van der Waals surface area contributed by atoms with E-state index >= 15 is 0 Å². The second kappa shape index (κ2) is 8.84. The molecule has 1 fully saturated rings. The van der Waals surface area contributed by atoms with E-state index in [9.17, 15) is 15.0 Å². The van der Waals surface area contributed by atoms with E-state index in [1.54, 1.807) is 74.8 Å². The molecule has 0 spiro atoms. The first-order valence-corrected chi connectivity index (χ1v) is 11.3. The summed E-state index contributed by atoms with van der Waals surface area (Å²) in [5, 5.41) is 27.4. The number of carboxylic acids is 1. The molecule has 1 aliphatic rings. The molecule has 0 saturated heterocycles. The molecule has 0 bridgehead atoms. The molecule has 0 atom stereocenters. The van der Waals surface area contributed by atoms with Gasteiger partial charge in [0.2, 0.25) is 0 Å². The molecule has 0 aliphatic heterocycles. The first kappa shape index (κ1) is 22.5. The van der Waals surface area contributed by atoms with Crippen molar-refractivity contribution in [3.05, 3.63) is 78.4 Å². The predicted octanol–water partition coefficient (Wildman–Crippen LogP) is 5.14. The standard InChI is InChI=1S/C26H25N5O4/c1-26(2,34)22-13-18(9-11-27-22)29-23-14-20(10-12-28-23)35-21-15-31(19-7-8-19)30-24(21)16-3-5-17(6-4-16)25(32)33/h3-6,9-15,19,34H,7-8H2,1-2H3,(H,32,33)(H,27,28,29). The van der Waals surface area contributed by atoms with Crippen LogP contribution in [0, 0.1) is 0 Å². The topological polar surface area (TPSA) is 122 Å². The van der Waals surface area contributed by atoms with Gasteiger partial charge in [-0.3, -0.25) is 9.67 Å². The van der Waals surface area contributed by atoms with Gasteiger partial charge in [0.05, 0.1) is 23.5 Å². The molecule has 4 aromatic rings. The minimum Gasteiger partial charge on any atom is -0.478 e. The van der Waals surface area contributed by atoms with Gasteiger partial charge in [-0.25, -0.2) is 9.78 Å². The van der Waals surface area contributed by atoms with Crippen LogP contribution in [0.5, 0.6) is 11.5 Å². The molecule has 1 saturated carbocycles. The number of hydrogen-bond donors (Lipinski definition) is 3. The number of aromatic carboxylic acids is 1. The SMILES string of the molecule is CC(C)(O)c1cc(Nc2cc(Oc3cn(C4CC4)nc3-c3ccc(C(=O)O)cc3)ccn2)ccn1. The number of anilines is 2. The summed E-state index contributed by atoms with van der Waals surface area (Å²) in [6, 6.07) is 14.0. The van der Waals surface area contributed by atoms with Crippen LogP contribution in [0.2, 0.25) is 0 Å². The van der Waals surface area contributed by atoms with Crippen LogP contribution in [-0.4, -0.2) is 35.9 Å². The molecule has 0 radical (unpaired) electrons. The number of aliphatic hydroxyl groups is 1. The number of aromatic nitrogens is 4. The van der Waals surface area contributed by atoms with E-state index in [2.05, 4.69) is 15.3 Å². The molecular formula is C26H25N5O4. The van der Waals surface area contributed by atoms with Gasteiger partial charge in [0.1, 0.15) is 22.9 Å². The zero-order valence-corrected chi connectivity index (χ0v) is 19.3. The fourth-order valence-corrected chi connectivity index (χ4v) is 3.61. The first-order valence-electron chi connectivity index (χ1n) is 11.3. The molecule has 3 aromatic heterocycles. The summed E-state index contributed by atoms with van der Waals surface area (Å²) in [5.74, 6) is 0.734. The van der Waals surface area contributed by atoms with Crippen molar-refractivity contribution < 1.29 is 19.7 Å². The highest BCUT2D eigenvalue weighted by Crippen LogP contribution is 2.40. The summed E-state index contributed by atoms with van der Waals surface area (Å²) < 4.78 is 8.13. The maximum Gasteiger partial charge on any atom is 0.335 e. The van der Waals surface area contributed by atoms with Crippen LogP contribution in [0.3, 0.4) is 0 Å². The molecule has 5 rings (SSSR count). The zero-order valence-electron chi connectivity index (χ0n) is 19.3. The van der Waals surface area contributed by atoms with Gasteiger partial charge in [-0.2, -0.15) is 5.10 Å². The maximum atomic E-state index is 11.2. The average Bonchev–Trinajstić information content (AvgIpc) is 3.60. The van der Waals surface area contributed by atoms with Gasteiger partial charge >= 0.3 is 5.97 Å². The monoisotopic (exact) mass is 471 g/mol. The van der Waals surface area contributed by atoms with E-state index < -0.39 is 11.6 Å². The number of ether oxygens (including phenoxy) is 1. The highest BCUT2D eigenvalue weighted by molar-refractivity contribution is 5.88. The Morgan fingerprint density at radius 2 is 1.83 bits per heavy atom. The smallest absolute Gasteiger partial charge is 0.335 e. The molecule has 0 amide bonds. The number of carboxylic acid groups (broad SMARTS) is 1. The van der Waals surface area contributed by atoms with Crippen molar-refractivity contribution in [3.8, 4) is 22.8 Å². The average molecular weight is 472 g/mol. The van der Waals surface area contributed by atoms with Crippen LogP contribution in [0.25, 0.3) is 11.3 Å². The van der Waals surface area contributed by atoms with E-state index in [1.165, 1.54) is 0 Å². The van der Waals surface area contributed by atoms with Crippen molar-refractivity contribution in [1.29, 1.82) is 0 Å². The fraction of sp³-hybridized carbons (Fsp3) is 0.231. The summed E-state index contributed by atoms with van der Waals surface area (Å²) in [7, 11) is 0. The van der Waals surface area contributed by atoms with Crippen molar-refractivity contribution in [2.75, 3.05) is 5.32 Å². The Morgan fingerprint density at radius 3 is 2.51 bits per heavy atom. The Kier molecular flexibility index (Phi) is 5.70. The Bertz CT molecular complexity index is 1370.